The van der Waals surface area contributed by atoms with Crippen molar-refractivity contribution in [2.45, 2.75) is 25.3 Å². The lowest BCUT2D eigenvalue weighted by Crippen LogP contribution is -2.28. The van der Waals surface area contributed by atoms with Crippen LogP contribution in [-0.2, 0) is 20.7 Å². The van der Waals surface area contributed by atoms with E-state index in [1.807, 2.05) is 6.08 Å². The van der Waals surface area contributed by atoms with Crippen molar-refractivity contribution in [2.75, 3.05) is 0 Å². The van der Waals surface area contributed by atoms with Crippen molar-refractivity contribution >= 4 is 15.9 Å². The van der Waals surface area contributed by atoms with Gasteiger partial charge < -0.3 is 4.18 Å². The number of hydrogen-bond donors (Lipinski definition) is 1. The van der Waals surface area contributed by atoms with Crippen molar-refractivity contribution < 1.29 is 17.0 Å². The Morgan fingerprint density at radius 1 is 1.50 bits per heavy atom. The first-order valence-corrected chi connectivity index (χ1v) is 6.74. The molecule has 0 fully saturated rings. The first-order chi connectivity index (χ1) is 8.31. The van der Waals surface area contributed by atoms with E-state index in [0.29, 0.717) is 12.1 Å². The van der Waals surface area contributed by atoms with E-state index in [9.17, 15) is 12.8 Å². The minimum atomic E-state index is -4.35. The molecule has 1 heterocycles. The first-order valence-electron chi connectivity index (χ1n) is 5.33. The average molecular weight is 272 g/mol. The fourth-order valence-corrected chi connectivity index (χ4v) is 1.97. The summed E-state index contributed by atoms with van der Waals surface area (Å²) < 4.78 is 41.7. The van der Waals surface area contributed by atoms with Crippen molar-refractivity contribution in [3.05, 3.63) is 35.7 Å². The van der Waals surface area contributed by atoms with E-state index in [1.165, 1.54) is 6.08 Å². The number of aromatic amines is 1. The zero-order valence-corrected chi connectivity index (χ0v) is 10.8. The van der Waals surface area contributed by atoms with Gasteiger partial charge in [0, 0.05) is 5.56 Å². The molecule has 7 heteroatoms. The highest BCUT2D eigenvalue weighted by molar-refractivity contribution is 7.88. The molecule has 0 saturated heterocycles. The predicted molar refractivity (Wildman–Crippen MR) is 64.6 cm³/mol. The molecular weight excluding hydrogens is 259 g/mol. The SMILES string of the molecule is CC(C)(F)S(=O)(=O)OC1=CC=CCc2cn[nH]c21. The molecule has 0 unspecified atom stereocenters. The molecule has 18 heavy (non-hydrogen) atoms. The fourth-order valence-electron chi connectivity index (χ4n) is 1.40. The van der Waals surface area contributed by atoms with Crippen LogP contribution in [0.15, 0.2) is 24.4 Å². The number of aromatic nitrogens is 2. The molecule has 1 aliphatic rings. The van der Waals surface area contributed by atoms with E-state index in [-0.39, 0.29) is 5.76 Å². The van der Waals surface area contributed by atoms with Crippen molar-refractivity contribution in [3.63, 3.8) is 0 Å². The minimum absolute atomic E-state index is 0.0435. The summed E-state index contributed by atoms with van der Waals surface area (Å²) in [7, 11) is -4.35. The molecule has 1 aromatic rings. The van der Waals surface area contributed by atoms with Crippen LogP contribution in [0.3, 0.4) is 0 Å². The number of hydrogen-bond acceptors (Lipinski definition) is 4. The number of rotatable bonds is 3. The molecule has 0 bridgehead atoms. The van der Waals surface area contributed by atoms with Crippen molar-refractivity contribution in [2.24, 2.45) is 0 Å². The van der Waals surface area contributed by atoms with Gasteiger partial charge in [-0.1, -0.05) is 12.2 Å². The van der Waals surface area contributed by atoms with Gasteiger partial charge in [-0.15, -0.1) is 0 Å². The molecule has 0 atom stereocenters. The lowest BCUT2D eigenvalue weighted by molar-refractivity contribution is 0.287. The maximum absolute atomic E-state index is 13.5. The van der Waals surface area contributed by atoms with Gasteiger partial charge in [-0.25, -0.2) is 4.39 Å². The maximum atomic E-state index is 13.5. The molecular formula is C11H13FN2O3S. The van der Waals surface area contributed by atoms with Gasteiger partial charge in [-0.05, 0) is 26.3 Å². The van der Waals surface area contributed by atoms with Gasteiger partial charge in [0.2, 0.25) is 5.00 Å². The van der Waals surface area contributed by atoms with Gasteiger partial charge in [-0.3, -0.25) is 5.10 Å². The van der Waals surface area contributed by atoms with E-state index in [0.717, 1.165) is 19.4 Å². The van der Waals surface area contributed by atoms with Gasteiger partial charge in [0.05, 0.1) is 6.20 Å². The second-order valence-corrected chi connectivity index (χ2v) is 6.38. The number of nitrogens with zero attached hydrogens (tertiary/aromatic N) is 1. The molecule has 0 radical (unpaired) electrons. The largest absolute Gasteiger partial charge is 0.378 e. The highest BCUT2D eigenvalue weighted by atomic mass is 32.2. The second kappa shape index (κ2) is 4.24. The van der Waals surface area contributed by atoms with Crippen molar-refractivity contribution in [3.8, 4) is 0 Å². The minimum Gasteiger partial charge on any atom is -0.378 e. The van der Waals surface area contributed by atoms with Crippen LogP contribution in [0.25, 0.3) is 5.76 Å². The third kappa shape index (κ3) is 2.31. The number of fused-ring (bicyclic) bond motifs is 1. The molecule has 0 aromatic carbocycles. The van der Waals surface area contributed by atoms with E-state index in [2.05, 4.69) is 10.2 Å². The average Bonchev–Trinajstić information content (AvgIpc) is 2.62. The maximum Gasteiger partial charge on any atom is 0.344 e. The lowest BCUT2D eigenvalue weighted by Gasteiger charge is -2.16. The summed E-state index contributed by atoms with van der Waals surface area (Å²) in [5.41, 5.74) is 1.25. The summed E-state index contributed by atoms with van der Waals surface area (Å²) >= 11 is 0. The normalized spacial score (nSPS) is 15.8. The monoisotopic (exact) mass is 272 g/mol. The van der Waals surface area contributed by atoms with Gasteiger partial charge >= 0.3 is 10.1 Å². The van der Waals surface area contributed by atoms with E-state index < -0.39 is 15.1 Å². The molecule has 0 spiro atoms. The van der Waals surface area contributed by atoms with Gasteiger partial charge in [0.25, 0.3) is 0 Å². The van der Waals surface area contributed by atoms with Crippen molar-refractivity contribution in [1.82, 2.24) is 10.2 Å². The van der Waals surface area contributed by atoms with Crippen LogP contribution in [0.5, 0.6) is 0 Å². The van der Waals surface area contributed by atoms with Crippen LogP contribution in [0.2, 0.25) is 0 Å². The van der Waals surface area contributed by atoms with Crippen LogP contribution in [0, 0.1) is 0 Å². The number of nitrogens with one attached hydrogen (secondary N) is 1. The van der Waals surface area contributed by atoms with Crippen LogP contribution in [-0.4, -0.2) is 23.6 Å². The molecule has 0 amide bonds. The van der Waals surface area contributed by atoms with Crippen LogP contribution < -0.4 is 0 Å². The third-order valence-corrected chi connectivity index (χ3v) is 4.07. The molecule has 0 aliphatic heterocycles. The number of H-pyrrole nitrogens is 1. The Labute approximate surface area is 104 Å². The number of alkyl halides is 1. The highest BCUT2D eigenvalue weighted by Crippen LogP contribution is 2.28. The quantitative estimate of drug-likeness (QED) is 0.853. The first kappa shape index (κ1) is 12.8. The second-order valence-electron chi connectivity index (χ2n) is 4.33. The molecule has 5 nitrogen and oxygen atoms in total. The summed E-state index contributed by atoms with van der Waals surface area (Å²) in [6.45, 7) is 1.87. The summed E-state index contributed by atoms with van der Waals surface area (Å²) in [5, 5.41) is 4.00. The summed E-state index contributed by atoms with van der Waals surface area (Å²) in [6.07, 6.45) is 7.14. The number of halogens is 1. The smallest absolute Gasteiger partial charge is 0.344 e. The molecule has 1 aliphatic carbocycles. The zero-order valence-electron chi connectivity index (χ0n) is 9.97. The van der Waals surface area contributed by atoms with Crippen LogP contribution in [0.4, 0.5) is 4.39 Å². The van der Waals surface area contributed by atoms with E-state index in [1.54, 1.807) is 12.3 Å². The molecule has 1 N–H and O–H groups in total. The number of allylic oxidation sites excluding steroid dienone is 3. The van der Waals surface area contributed by atoms with E-state index >= 15 is 0 Å². The molecule has 98 valence electrons. The van der Waals surface area contributed by atoms with Crippen molar-refractivity contribution in [1.29, 1.82) is 0 Å². The Hall–Kier alpha value is -1.63. The highest BCUT2D eigenvalue weighted by Gasteiger charge is 2.37. The predicted octanol–water partition coefficient (Wildman–Crippen LogP) is 1.91. The Balaban J connectivity index is 2.38. The Kier molecular flexibility index (Phi) is 3.02. The Bertz CT molecular complexity index is 608. The third-order valence-electron chi connectivity index (χ3n) is 2.48. The van der Waals surface area contributed by atoms with Gasteiger partial charge in [0.1, 0.15) is 5.69 Å². The summed E-state index contributed by atoms with van der Waals surface area (Å²) in [4.78, 5) is 0. The summed E-state index contributed by atoms with van der Waals surface area (Å²) in [5.74, 6) is 0.0435. The van der Waals surface area contributed by atoms with Gasteiger partial charge in [-0.2, -0.15) is 13.5 Å². The Morgan fingerprint density at radius 2 is 2.22 bits per heavy atom. The van der Waals surface area contributed by atoms with Crippen LogP contribution in [0.1, 0.15) is 25.1 Å². The zero-order chi connectivity index (χ0) is 13.4. The van der Waals surface area contributed by atoms with Crippen LogP contribution >= 0.6 is 0 Å². The van der Waals surface area contributed by atoms with E-state index in [4.69, 9.17) is 4.18 Å². The Morgan fingerprint density at radius 3 is 2.89 bits per heavy atom. The standard InChI is InChI=1S/C11H13FN2O3S/c1-11(2,12)18(15,16)17-9-6-4-3-5-8-7-13-14-10(8)9/h3-4,6-7H,5H2,1-2H3,(H,13,14). The summed E-state index contributed by atoms with van der Waals surface area (Å²) in [6, 6.07) is 0. The van der Waals surface area contributed by atoms with Gasteiger partial charge in [0.15, 0.2) is 5.76 Å². The molecule has 1 aromatic heterocycles. The molecule has 2 rings (SSSR count). The lowest BCUT2D eigenvalue weighted by atomic mass is 10.2. The fraction of sp³-hybridized carbons (Fsp3) is 0.364. The molecule has 0 saturated carbocycles. The topological polar surface area (TPSA) is 72.1 Å².